The first kappa shape index (κ1) is 15.5. The van der Waals surface area contributed by atoms with Gasteiger partial charge in [0.05, 0.1) is 6.20 Å². The van der Waals surface area contributed by atoms with Gasteiger partial charge in [-0.2, -0.15) is 5.10 Å². The molecule has 122 valence electrons. The van der Waals surface area contributed by atoms with Crippen LogP contribution in [0.4, 0.5) is 5.13 Å². The van der Waals surface area contributed by atoms with Crippen molar-refractivity contribution < 1.29 is 14.7 Å². The summed E-state index contributed by atoms with van der Waals surface area (Å²) in [5.41, 5.74) is 0.487. The summed E-state index contributed by atoms with van der Waals surface area (Å²) >= 11 is 1.18. The summed E-state index contributed by atoms with van der Waals surface area (Å²) in [4.78, 5) is 31.5. The van der Waals surface area contributed by atoms with E-state index in [4.69, 9.17) is 5.11 Å². The monoisotopic (exact) mass is 335 g/mol. The van der Waals surface area contributed by atoms with Crippen LogP contribution in [0, 0.1) is 0 Å². The maximum atomic E-state index is 12.3. The van der Waals surface area contributed by atoms with Gasteiger partial charge in [0.15, 0.2) is 5.13 Å². The Kier molecular flexibility index (Phi) is 4.28. The molecule has 0 saturated carbocycles. The van der Waals surface area contributed by atoms with E-state index in [1.807, 2.05) is 0 Å². The fraction of sp³-hybridized carbons (Fsp3) is 0.429. The Balaban J connectivity index is 1.59. The molecule has 1 fully saturated rings. The predicted octanol–water partition coefficient (Wildman–Crippen LogP) is 1.31. The molecular formula is C14H17N5O3S. The number of amides is 1. The molecule has 0 aliphatic carbocycles. The van der Waals surface area contributed by atoms with Crippen LogP contribution in [0.15, 0.2) is 18.5 Å². The average molecular weight is 335 g/mol. The van der Waals surface area contributed by atoms with Crippen molar-refractivity contribution in [1.29, 1.82) is 0 Å². The van der Waals surface area contributed by atoms with E-state index < -0.39 is 5.97 Å². The van der Waals surface area contributed by atoms with E-state index in [-0.39, 0.29) is 16.8 Å². The number of carboxylic acid groups (broad SMARTS) is 1. The van der Waals surface area contributed by atoms with Gasteiger partial charge in [-0.25, -0.2) is 9.78 Å². The third-order valence-electron chi connectivity index (χ3n) is 4.04. The van der Waals surface area contributed by atoms with Crippen molar-refractivity contribution in [2.75, 3.05) is 25.0 Å². The number of rotatable bonds is 4. The van der Waals surface area contributed by atoms with Gasteiger partial charge >= 0.3 is 5.97 Å². The zero-order valence-electron chi connectivity index (χ0n) is 12.6. The molecule has 8 nitrogen and oxygen atoms in total. The Morgan fingerprint density at radius 2 is 2.17 bits per heavy atom. The molecule has 1 aliphatic rings. The summed E-state index contributed by atoms with van der Waals surface area (Å²) < 4.78 is 0. The first-order valence-corrected chi connectivity index (χ1v) is 8.08. The van der Waals surface area contributed by atoms with Gasteiger partial charge in [0.1, 0.15) is 10.6 Å². The van der Waals surface area contributed by atoms with E-state index in [0.29, 0.717) is 5.69 Å². The topological polar surface area (TPSA) is 102 Å². The fourth-order valence-corrected chi connectivity index (χ4v) is 3.49. The molecule has 3 heterocycles. The molecule has 0 radical (unpaired) electrons. The molecule has 0 spiro atoms. The number of aromatic carboxylic acids is 1. The normalized spacial score (nSPS) is 15.6. The van der Waals surface area contributed by atoms with E-state index in [9.17, 15) is 9.59 Å². The van der Waals surface area contributed by atoms with Crippen LogP contribution in [-0.4, -0.2) is 63.2 Å². The smallest absolute Gasteiger partial charge is 0.347 e. The van der Waals surface area contributed by atoms with Crippen LogP contribution >= 0.6 is 11.3 Å². The Hall–Kier alpha value is -2.42. The molecule has 9 heteroatoms. The SMILES string of the molecule is CN(C(=O)c1ccn[nH]1)C1CCN(c2ncc(C(=O)O)s2)CC1. The van der Waals surface area contributed by atoms with Crippen molar-refractivity contribution >= 4 is 28.3 Å². The van der Waals surface area contributed by atoms with Crippen LogP contribution in [0.25, 0.3) is 0 Å². The first-order valence-electron chi connectivity index (χ1n) is 7.27. The number of carbonyl (C=O) groups excluding carboxylic acids is 1. The summed E-state index contributed by atoms with van der Waals surface area (Å²) in [5.74, 6) is -1.02. The number of nitrogens with one attached hydrogen (secondary N) is 1. The van der Waals surface area contributed by atoms with Gasteiger partial charge in [-0.15, -0.1) is 0 Å². The van der Waals surface area contributed by atoms with Gasteiger partial charge in [-0.05, 0) is 18.9 Å². The standard InChI is InChI=1S/C14H17N5O3S/c1-18(12(20)10-2-5-16-17-10)9-3-6-19(7-4-9)14-15-8-11(23-14)13(21)22/h2,5,8-9H,3-4,6-7H2,1H3,(H,16,17)(H,21,22). The highest BCUT2D eigenvalue weighted by Crippen LogP contribution is 2.27. The van der Waals surface area contributed by atoms with Crippen LogP contribution in [0.2, 0.25) is 0 Å². The molecule has 0 unspecified atom stereocenters. The summed E-state index contributed by atoms with van der Waals surface area (Å²) in [6.45, 7) is 1.50. The van der Waals surface area contributed by atoms with Crippen LogP contribution in [0.5, 0.6) is 0 Å². The zero-order valence-corrected chi connectivity index (χ0v) is 13.4. The van der Waals surface area contributed by atoms with E-state index in [2.05, 4.69) is 20.1 Å². The minimum Gasteiger partial charge on any atom is -0.477 e. The van der Waals surface area contributed by atoms with Gasteiger partial charge in [0.2, 0.25) is 0 Å². The molecular weight excluding hydrogens is 318 g/mol. The van der Waals surface area contributed by atoms with Crippen LogP contribution in [0.3, 0.4) is 0 Å². The molecule has 1 amide bonds. The van der Waals surface area contributed by atoms with E-state index in [1.165, 1.54) is 17.5 Å². The number of aromatic nitrogens is 3. The van der Waals surface area contributed by atoms with Crippen molar-refractivity contribution in [3.05, 3.63) is 29.0 Å². The first-order chi connectivity index (χ1) is 11.1. The van der Waals surface area contributed by atoms with E-state index >= 15 is 0 Å². The largest absolute Gasteiger partial charge is 0.477 e. The average Bonchev–Trinajstić information content (AvgIpc) is 3.25. The lowest BCUT2D eigenvalue weighted by Crippen LogP contribution is -2.45. The van der Waals surface area contributed by atoms with Gasteiger partial charge in [0, 0.05) is 32.4 Å². The second-order valence-electron chi connectivity index (χ2n) is 5.42. The van der Waals surface area contributed by atoms with Crippen molar-refractivity contribution in [3.8, 4) is 0 Å². The lowest BCUT2D eigenvalue weighted by atomic mass is 10.0. The Morgan fingerprint density at radius 1 is 1.43 bits per heavy atom. The molecule has 1 saturated heterocycles. The second kappa shape index (κ2) is 6.37. The number of H-pyrrole nitrogens is 1. The number of piperidine rings is 1. The number of hydrogen-bond acceptors (Lipinski definition) is 6. The third-order valence-corrected chi connectivity index (χ3v) is 5.08. The summed E-state index contributed by atoms with van der Waals surface area (Å²) in [5, 5.41) is 16.2. The van der Waals surface area contributed by atoms with Crippen molar-refractivity contribution in [1.82, 2.24) is 20.1 Å². The Bertz CT molecular complexity index is 691. The van der Waals surface area contributed by atoms with Gasteiger partial charge in [-0.3, -0.25) is 9.89 Å². The minimum atomic E-state index is -0.950. The predicted molar refractivity (Wildman–Crippen MR) is 85.0 cm³/mol. The highest BCUT2D eigenvalue weighted by atomic mass is 32.1. The zero-order chi connectivity index (χ0) is 16.4. The summed E-state index contributed by atoms with van der Waals surface area (Å²) in [7, 11) is 1.80. The maximum absolute atomic E-state index is 12.3. The van der Waals surface area contributed by atoms with Crippen LogP contribution < -0.4 is 4.90 Å². The molecule has 2 N–H and O–H groups in total. The maximum Gasteiger partial charge on any atom is 0.347 e. The number of carboxylic acids is 1. The number of aromatic amines is 1. The molecule has 0 atom stereocenters. The van der Waals surface area contributed by atoms with Crippen LogP contribution in [-0.2, 0) is 0 Å². The minimum absolute atomic E-state index is 0.0663. The summed E-state index contributed by atoms with van der Waals surface area (Å²) in [6.07, 6.45) is 4.59. The molecule has 23 heavy (non-hydrogen) atoms. The van der Waals surface area contributed by atoms with Crippen molar-refractivity contribution in [2.24, 2.45) is 0 Å². The van der Waals surface area contributed by atoms with E-state index in [0.717, 1.165) is 31.1 Å². The number of anilines is 1. The van der Waals surface area contributed by atoms with Gasteiger partial charge in [0.25, 0.3) is 5.91 Å². The Labute approximate surface area is 136 Å². The van der Waals surface area contributed by atoms with Crippen LogP contribution in [0.1, 0.15) is 33.0 Å². The Morgan fingerprint density at radius 3 is 2.74 bits per heavy atom. The molecule has 2 aromatic rings. The van der Waals surface area contributed by atoms with Crippen molar-refractivity contribution in [2.45, 2.75) is 18.9 Å². The van der Waals surface area contributed by atoms with E-state index in [1.54, 1.807) is 24.2 Å². The quantitative estimate of drug-likeness (QED) is 0.873. The second-order valence-corrected chi connectivity index (χ2v) is 6.43. The number of carbonyl (C=O) groups is 2. The number of nitrogens with zero attached hydrogens (tertiary/aromatic N) is 4. The molecule has 3 rings (SSSR count). The molecule has 2 aromatic heterocycles. The van der Waals surface area contributed by atoms with Gasteiger partial charge in [-0.1, -0.05) is 11.3 Å². The molecule has 1 aliphatic heterocycles. The number of thiazole rings is 1. The van der Waals surface area contributed by atoms with Crippen molar-refractivity contribution in [3.63, 3.8) is 0 Å². The summed E-state index contributed by atoms with van der Waals surface area (Å²) in [6, 6.07) is 1.82. The highest BCUT2D eigenvalue weighted by Gasteiger charge is 2.27. The molecule has 0 aromatic carbocycles. The van der Waals surface area contributed by atoms with Gasteiger partial charge < -0.3 is 14.9 Å². The molecule has 0 bridgehead atoms. The fourth-order valence-electron chi connectivity index (χ4n) is 2.69. The highest BCUT2D eigenvalue weighted by molar-refractivity contribution is 7.17. The third kappa shape index (κ3) is 3.19. The lowest BCUT2D eigenvalue weighted by molar-refractivity contribution is 0.0693. The lowest BCUT2D eigenvalue weighted by Gasteiger charge is -2.36. The number of hydrogen-bond donors (Lipinski definition) is 2.